The van der Waals surface area contributed by atoms with E-state index >= 15 is 0 Å². The second kappa shape index (κ2) is 7.25. The number of halogens is 2. The molecule has 1 aromatic carbocycles. The Bertz CT molecular complexity index is 1080. The molecule has 0 saturated heterocycles. The van der Waals surface area contributed by atoms with Crippen LogP contribution in [0.5, 0.6) is 0 Å². The number of anilines is 1. The molecule has 1 aliphatic rings. The predicted molar refractivity (Wildman–Crippen MR) is 101 cm³/mol. The second-order valence-electron chi connectivity index (χ2n) is 6.42. The number of sulfonamides is 1. The van der Waals surface area contributed by atoms with Crippen LogP contribution in [0.2, 0.25) is 0 Å². The first-order valence-corrected chi connectivity index (χ1v) is 10.5. The normalized spacial score (nSPS) is 21.2. The number of pyridine rings is 1. The van der Waals surface area contributed by atoms with E-state index in [4.69, 9.17) is 0 Å². The summed E-state index contributed by atoms with van der Waals surface area (Å²) < 4.78 is 53.4. The maximum absolute atomic E-state index is 14.5. The molecule has 0 spiro atoms. The molecular formula is C17H15AsF2N4O3S. The number of hydrogen-bond donors (Lipinski definition) is 1. The molecule has 1 atom stereocenters. The van der Waals surface area contributed by atoms with Crippen molar-refractivity contribution in [1.29, 1.82) is 0 Å². The monoisotopic (exact) mass is 468 g/mol. The molecule has 0 fully saturated rings. The van der Waals surface area contributed by atoms with Crippen molar-refractivity contribution < 1.29 is 22.0 Å². The fourth-order valence-electron chi connectivity index (χ4n) is 2.76. The van der Waals surface area contributed by atoms with E-state index in [2.05, 4.69) is 15.3 Å². The number of rotatable bonds is 3. The van der Waals surface area contributed by atoms with E-state index in [1.54, 1.807) is 0 Å². The van der Waals surface area contributed by atoms with Gasteiger partial charge >= 0.3 is 165 Å². The topological polar surface area (TPSA) is 91.7 Å². The van der Waals surface area contributed by atoms with E-state index in [-0.39, 0.29) is 21.6 Å². The fourth-order valence-corrected chi connectivity index (χ4v) is 5.42. The summed E-state index contributed by atoms with van der Waals surface area (Å²) in [6.07, 6.45) is 0.908. The van der Waals surface area contributed by atoms with Gasteiger partial charge in [-0.1, -0.05) is 0 Å². The average Bonchev–Trinajstić information content (AvgIpc) is 2.61. The van der Waals surface area contributed by atoms with Crippen molar-refractivity contribution >= 4 is 43.1 Å². The maximum atomic E-state index is 14.5. The quantitative estimate of drug-likeness (QED) is 0.694. The van der Waals surface area contributed by atoms with Crippen LogP contribution in [-0.2, 0) is 15.6 Å². The van der Waals surface area contributed by atoms with Crippen molar-refractivity contribution in [3.63, 3.8) is 0 Å². The van der Waals surface area contributed by atoms with Crippen LogP contribution >= 0.6 is 0 Å². The molecule has 146 valence electrons. The molecule has 7 nitrogen and oxygen atoms in total. The summed E-state index contributed by atoms with van der Waals surface area (Å²) >= 11 is 2.05. The molecule has 28 heavy (non-hydrogen) atoms. The molecule has 3 rings (SSSR count). The molecule has 1 aliphatic heterocycles. The average molecular weight is 468 g/mol. The van der Waals surface area contributed by atoms with Crippen molar-refractivity contribution in [3.8, 4) is 0 Å². The van der Waals surface area contributed by atoms with Crippen LogP contribution in [0.1, 0.15) is 23.0 Å². The Morgan fingerprint density at radius 2 is 2.00 bits per heavy atom. The molecule has 0 bridgehead atoms. The van der Waals surface area contributed by atoms with Crippen LogP contribution in [0.3, 0.4) is 0 Å². The number of nitrogens with zero attached hydrogens (tertiary/aromatic N) is 3. The van der Waals surface area contributed by atoms with Gasteiger partial charge in [-0.3, -0.25) is 0 Å². The van der Waals surface area contributed by atoms with E-state index in [0.717, 1.165) is 22.6 Å². The van der Waals surface area contributed by atoms with E-state index in [0.29, 0.717) is 0 Å². The van der Waals surface area contributed by atoms with Gasteiger partial charge in [0.2, 0.25) is 0 Å². The molecule has 0 saturated carbocycles. The minimum absolute atomic E-state index is 0.0217. The number of amidine groups is 1. The number of benzene rings is 1. The Balaban J connectivity index is 1.96. The van der Waals surface area contributed by atoms with Crippen molar-refractivity contribution in [1.82, 2.24) is 9.29 Å². The predicted octanol–water partition coefficient (Wildman–Crippen LogP) is 1.63. The zero-order valence-electron chi connectivity index (χ0n) is 14.8. The number of hydrogen-bond acceptors (Lipinski definition) is 5. The van der Waals surface area contributed by atoms with Crippen molar-refractivity contribution in [2.24, 2.45) is 4.99 Å². The second-order valence-corrected chi connectivity index (χ2v) is 9.26. The van der Waals surface area contributed by atoms with Crippen molar-refractivity contribution in [3.05, 3.63) is 59.4 Å². The van der Waals surface area contributed by atoms with Crippen LogP contribution in [0.15, 0.2) is 41.5 Å². The minimum atomic E-state index is -3.68. The number of carbonyl (C=O) groups excluding carboxylic acids is 1. The van der Waals surface area contributed by atoms with Gasteiger partial charge in [-0.25, -0.2) is 4.39 Å². The Morgan fingerprint density at radius 3 is 2.61 bits per heavy atom. The van der Waals surface area contributed by atoms with Gasteiger partial charge in [-0.05, 0) is 0 Å². The SMILES string of the molecule is CN1C([As])=N[C@](C)(c2cc(NC(=O)c3ccc(F)cn3)ccc2F)CS1(=O)=O. The molecule has 11 heteroatoms. The summed E-state index contributed by atoms with van der Waals surface area (Å²) in [5.74, 6) is -2.27. The van der Waals surface area contributed by atoms with Crippen LogP contribution in [0, 0.1) is 11.6 Å². The van der Waals surface area contributed by atoms with Gasteiger partial charge in [-0.2, -0.15) is 0 Å². The molecule has 2 heterocycles. The number of aromatic nitrogens is 1. The summed E-state index contributed by atoms with van der Waals surface area (Å²) in [4.78, 5) is 20.3. The summed E-state index contributed by atoms with van der Waals surface area (Å²) in [6.45, 7) is 1.51. The third kappa shape index (κ3) is 3.93. The summed E-state index contributed by atoms with van der Waals surface area (Å²) in [5.41, 5.74) is -1.14. The van der Waals surface area contributed by atoms with Gasteiger partial charge < -0.3 is 0 Å². The van der Waals surface area contributed by atoms with Crippen LogP contribution in [-0.4, -0.2) is 57.9 Å². The molecule has 2 radical (unpaired) electrons. The molecule has 2 aromatic rings. The van der Waals surface area contributed by atoms with E-state index < -0.39 is 38.9 Å². The van der Waals surface area contributed by atoms with Gasteiger partial charge in [0.1, 0.15) is 0 Å². The zero-order chi connectivity index (χ0) is 20.7. The molecule has 1 amide bonds. The number of carbonyl (C=O) groups is 1. The molecule has 1 N–H and O–H groups in total. The van der Waals surface area contributed by atoms with Gasteiger partial charge in [0.05, 0.1) is 0 Å². The van der Waals surface area contributed by atoms with Gasteiger partial charge in [0.25, 0.3) is 0 Å². The van der Waals surface area contributed by atoms with Crippen LogP contribution in [0.4, 0.5) is 14.5 Å². The third-order valence-electron chi connectivity index (χ3n) is 4.27. The number of aliphatic imine (C=N–C) groups is 1. The molecule has 1 aromatic heterocycles. The first-order chi connectivity index (χ1) is 13.0. The fraction of sp³-hybridized carbons (Fsp3) is 0.235. The number of nitrogens with one attached hydrogen (secondary N) is 1. The van der Waals surface area contributed by atoms with E-state index in [1.807, 2.05) is 16.9 Å². The first-order valence-electron chi connectivity index (χ1n) is 8.00. The number of amides is 1. The standard InChI is InChI=1S/C17H15AsF2N4O3S/c1-17(9-28(26,27)24(2)16(18)23-17)12-7-11(4-5-13(12)20)22-15(25)14-6-3-10(19)8-21-14/h3-8H,9H2,1-2H3,(H,22,25)/t17-/m0/s1. The van der Waals surface area contributed by atoms with E-state index in [1.165, 1.54) is 32.2 Å². The Labute approximate surface area is 169 Å². The summed E-state index contributed by atoms with van der Waals surface area (Å²) in [5, 5.41) is 2.54. The van der Waals surface area contributed by atoms with Crippen molar-refractivity contribution in [2.75, 3.05) is 18.1 Å². The van der Waals surface area contributed by atoms with Crippen LogP contribution in [0.25, 0.3) is 0 Å². The van der Waals surface area contributed by atoms with Crippen LogP contribution < -0.4 is 5.32 Å². The third-order valence-corrected chi connectivity index (χ3v) is 7.34. The Morgan fingerprint density at radius 1 is 1.29 bits per heavy atom. The van der Waals surface area contributed by atoms with E-state index in [9.17, 15) is 22.0 Å². The molecule has 0 aliphatic carbocycles. The molecular weight excluding hydrogens is 453 g/mol. The van der Waals surface area contributed by atoms with Gasteiger partial charge in [-0.15, -0.1) is 0 Å². The zero-order valence-corrected chi connectivity index (χ0v) is 17.5. The summed E-state index contributed by atoms with van der Waals surface area (Å²) in [7, 11) is -2.31. The Hall–Kier alpha value is -2.32. The Kier molecular flexibility index (Phi) is 5.29. The first kappa shape index (κ1) is 20.4. The summed E-state index contributed by atoms with van der Waals surface area (Å²) in [6, 6.07) is 6.10. The molecule has 0 unspecified atom stereocenters. The van der Waals surface area contributed by atoms with Gasteiger partial charge in [0, 0.05) is 0 Å². The van der Waals surface area contributed by atoms with Crippen molar-refractivity contribution in [2.45, 2.75) is 12.5 Å². The van der Waals surface area contributed by atoms with Gasteiger partial charge in [0.15, 0.2) is 0 Å².